The van der Waals surface area contributed by atoms with Crippen LogP contribution in [0.5, 0.6) is 0 Å². The molecule has 0 aliphatic heterocycles. The molecule has 0 radical (unpaired) electrons. The van der Waals surface area contributed by atoms with Crippen molar-refractivity contribution in [2.75, 3.05) is 5.32 Å². The van der Waals surface area contributed by atoms with E-state index in [-0.39, 0.29) is 17.8 Å². The minimum absolute atomic E-state index is 0.0363. The number of hydrogen-bond acceptors (Lipinski definition) is 2. The summed E-state index contributed by atoms with van der Waals surface area (Å²) in [5.41, 5.74) is 1.36. The second kappa shape index (κ2) is 6.79. The predicted octanol–water partition coefficient (Wildman–Crippen LogP) is 4.62. The molecule has 3 aromatic rings. The Hall–Kier alpha value is -2.40. The quantitative estimate of drug-likeness (QED) is 0.729. The molecule has 0 unspecified atom stereocenters. The van der Waals surface area contributed by atoms with Gasteiger partial charge in [0, 0.05) is 23.0 Å². The Bertz CT molecular complexity index is 747. The van der Waals surface area contributed by atoms with Crippen molar-refractivity contribution >= 4 is 22.9 Å². The van der Waals surface area contributed by atoms with Crippen molar-refractivity contribution < 1.29 is 9.18 Å². The average molecular weight is 328 g/mol. The van der Waals surface area contributed by atoms with Gasteiger partial charge in [-0.15, -0.1) is 11.3 Å². The van der Waals surface area contributed by atoms with Gasteiger partial charge in [0.15, 0.2) is 0 Å². The van der Waals surface area contributed by atoms with Crippen molar-refractivity contribution in [1.29, 1.82) is 0 Å². The zero-order valence-corrected chi connectivity index (χ0v) is 13.5. The smallest absolute Gasteiger partial charge is 0.226 e. The fourth-order valence-corrected chi connectivity index (χ4v) is 3.37. The number of benzene rings is 1. The first-order chi connectivity index (χ1) is 11.1. The highest BCUT2D eigenvalue weighted by Gasteiger charge is 2.18. The molecule has 0 saturated carbocycles. The molecule has 3 rings (SSSR count). The third-order valence-electron chi connectivity index (χ3n) is 3.70. The Labute approximate surface area is 138 Å². The van der Waals surface area contributed by atoms with Gasteiger partial charge >= 0.3 is 0 Å². The summed E-state index contributed by atoms with van der Waals surface area (Å²) >= 11 is 1.63. The van der Waals surface area contributed by atoms with Gasteiger partial charge < -0.3 is 9.88 Å². The lowest BCUT2D eigenvalue weighted by Crippen LogP contribution is -2.19. The standard InChI is InChI=1S/C18H17FN2OS/c1-13-11-14(19)6-7-15(13)20-18(22)12-16(17-5-4-10-23-17)21-8-2-3-9-21/h2-11,16H,12H2,1H3,(H,20,22)/t16-/m0/s1. The number of amides is 1. The molecule has 0 saturated heterocycles. The van der Waals surface area contributed by atoms with Crippen LogP contribution in [0.15, 0.2) is 60.2 Å². The Balaban J connectivity index is 1.76. The third kappa shape index (κ3) is 3.68. The van der Waals surface area contributed by atoms with Crippen LogP contribution < -0.4 is 5.32 Å². The first-order valence-corrected chi connectivity index (χ1v) is 8.23. The van der Waals surface area contributed by atoms with Crippen LogP contribution in [0, 0.1) is 12.7 Å². The monoisotopic (exact) mass is 328 g/mol. The van der Waals surface area contributed by atoms with E-state index in [2.05, 4.69) is 5.32 Å². The number of aromatic nitrogens is 1. The molecule has 1 N–H and O–H groups in total. The molecule has 118 valence electrons. The molecular weight excluding hydrogens is 311 g/mol. The molecule has 3 nitrogen and oxygen atoms in total. The summed E-state index contributed by atoms with van der Waals surface area (Å²) < 4.78 is 15.2. The van der Waals surface area contributed by atoms with E-state index in [1.54, 1.807) is 24.3 Å². The van der Waals surface area contributed by atoms with Crippen LogP contribution in [-0.2, 0) is 4.79 Å². The van der Waals surface area contributed by atoms with Gasteiger partial charge in [-0.05, 0) is 54.3 Å². The molecule has 2 aromatic heterocycles. The molecule has 1 aromatic carbocycles. The van der Waals surface area contributed by atoms with Crippen molar-refractivity contribution in [3.63, 3.8) is 0 Å². The number of carbonyl (C=O) groups excluding carboxylic acids is 1. The van der Waals surface area contributed by atoms with Gasteiger partial charge in [-0.3, -0.25) is 4.79 Å². The van der Waals surface area contributed by atoms with Crippen molar-refractivity contribution in [2.24, 2.45) is 0 Å². The van der Waals surface area contributed by atoms with Crippen LogP contribution in [0.3, 0.4) is 0 Å². The van der Waals surface area contributed by atoms with Crippen LogP contribution in [0.25, 0.3) is 0 Å². The predicted molar refractivity (Wildman–Crippen MR) is 91.3 cm³/mol. The average Bonchev–Trinajstić information content (AvgIpc) is 3.21. The Morgan fingerprint density at radius 3 is 2.70 bits per heavy atom. The maximum absolute atomic E-state index is 13.2. The number of nitrogens with one attached hydrogen (secondary N) is 1. The number of halogens is 1. The molecule has 1 atom stereocenters. The lowest BCUT2D eigenvalue weighted by atomic mass is 10.1. The second-order valence-electron chi connectivity index (χ2n) is 5.37. The molecule has 5 heteroatoms. The molecule has 23 heavy (non-hydrogen) atoms. The van der Waals surface area contributed by atoms with E-state index in [1.165, 1.54) is 12.1 Å². The van der Waals surface area contributed by atoms with E-state index in [4.69, 9.17) is 0 Å². The molecule has 0 spiro atoms. The van der Waals surface area contributed by atoms with E-state index in [0.717, 1.165) is 4.88 Å². The first kappa shape index (κ1) is 15.5. The summed E-state index contributed by atoms with van der Waals surface area (Å²) in [5, 5.41) is 4.89. The van der Waals surface area contributed by atoms with Crippen LogP contribution >= 0.6 is 11.3 Å². The zero-order chi connectivity index (χ0) is 16.2. The topological polar surface area (TPSA) is 34.0 Å². The van der Waals surface area contributed by atoms with Crippen LogP contribution in [0.2, 0.25) is 0 Å². The fraction of sp³-hybridized carbons (Fsp3) is 0.167. The lowest BCUT2D eigenvalue weighted by Gasteiger charge is -2.18. The van der Waals surface area contributed by atoms with E-state index < -0.39 is 0 Å². The number of carbonyl (C=O) groups is 1. The van der Waals surface area contributed by atoms with Gasteiger partial charge in [-0.25, -0.2) is 4.39 Å². The highest BCUT2D eigenvalue weighted by molar-refractivity contribution is 7.10. The van der Waals surface area contributed by atoms with Crippen molar-refractivity contribution in [1.82, 2.24) is 4.57 Å². The fourth-order valence-electron chi connectivity index (χ4n) is 2.53. The summed E-state index contributed by atoms with van der Waals surface area (Å²) in [4.78, 5) is 13.6. The summed E-state index contributed by atoms with van der Waals surface area (Å²) in [5.74, 6) is -0.392. The van der Waals surface area contributed by atoms with Crippen LogP contribution in [0.1, 0.15) is 22.9 Å². The molecule has 0 aliphatic rings. The molecule has 0 fully saturated rings. The van der Waals surface area contributed by atoms with E-state index in [9.17, 15) is 9.18 Å². The number of nitrogens with zero attached hydrogens (tertiary/aromatic N) is 1. The zero-order valence-electron chi connectivity index (χ0n) is 12.7. The van der Waals surface area contributed by atoms with Crippen molar-refractivity contribution in [2.45, 2.75) is 19.4 Å². The molecular formula is C18H17FN2OS. The van der Waals surface area contributed by atoms with Gasteiger partial charge in [0.2, 0.25) is 5.91 Å². The lowest BCUT2D eigenvalue weighted by molar-refractivity contribution is -0.116. The number of anilines is 1. The van der Waals surface area contributed by atoms with Gasteiger partial charge in [-0.2, -0.15) is 0 Å². The summed E-state index contributed by atoms with van der Waals surface area (Å²) in [6.45, 7) is 1.78. The number of thiophene rings is 1. The van der Waals surface area contributed by atoms with E-state index in [1.807, 2.05) is 46.6 Å². The number of rotatable bonds is 5. The van der Waals surface area contributed by atoms with E-state index >= 15 is 0 Å². The molecule has 1 amide bonds. The molecule has 0 aliphatic carbocycles. The number of aryl methyl sites for hydroxylation is 1. The normalized spacial score (nSPS) is 12.1. The molecule has 0 bridgehead atoms. The third-order valence-corrected chi connectivity index (χ3v) is 4.67. The Kier molecular flexibility index (Phi) is 4.57. The SMILES string of the molecule is Cc1cc(F)ccc1NC(=O)C[C@@H](c1cccs1)n1cccc1. The summed E-state index contributed by atoms with van der Waals surface area (Å²) in [7, 11) is 0. The first-order valence-electron chi connectivity index (χ1n) is 7.35. The highest BCUT2D eigenvalue weighted by Crippen LogP contribution is 2.27. The Morgan fingerprint density at radius 1 is 1.26 bits per heavy atom. The maximum atomic E-state index is 13.2. The van der Waals surface area contributed by atoms with Gasteiger partial charge in [0.25, 0.3) is 0 Å². The van der Waals surface area contributed by atoms with Crippen LogP contribution in [-0.4, -0.2) is 10.5 Å². The largest absolute Gasteiger partial charge is 0.346 e. The minimum Gasteiger partial charge on any atom is -0.346 e. The van der Waals surface area contributed by atoms with Crippen molar-refractivity contribution in [3.05, 3.63) is 76.5 Å². The van der Waals surface area contributed by atoms with Crippen LogP contribution in [0.4, 0.5) is 10.1 Å². The van der Waals surface area contributed by atoms with Gasteiger partial charge in [0.1, 0.15) is 5.82 Å². The van der Waals surface area contributed by atoms with E-state index in [0.29, 0.717) is 17.7 Å². The highest BCUT2D eigenvalue weighted by atomic mass is 32.1. The summed E-state index contributed by atoms with van der Waals surface area (Å²) in [6, 6.07) is 12.2. The molecule has 2 heterocycles. The van der Waals surface area contributed by atoms with Gasteiger partial charge in [0.05, 0.1) is 12.5 Å². The number of hydrogen-bond donors (Lipinski definition) is 1. The summed E-state index contributed by atoms with van der Waals surface area (Å²) in [6.07, 6.45) is 4.24. The van der Waals surface area contributed by atoms with Crippen molar-refractivity contribution in [3.8, 4) is 0 Å². The minimum atomic E-state index is -0.302. The van der Waals surface area contributed by atoms with Gasteiger partial charge in [-0.1, -0.05) is 6.07 Å². The second-order valence-corrected chi connectivity index (χ2v) is 6.35. The maximum Gasteiger partial charge on any atom is 0.226 e. The Morgan fingerprint density at radius 2 is 2.04 bits per heavy atom.